The summed E-state index contributed by atoms with van der Waals surface area (Å²) >= 11 is 3.09. The van der Waals surface area contributed by atoms with Crippen LogP contribution in [0.25, 0.3) is 26.5 Å². The number of fused-ring (bicyclic) bond motifs is 3. The minimum absolute atomic E-state index is 0.178. The fraction of sp³-hybridized carbons (Fsp3) is 0.227. The highest BCUT2D eigenvalue weighted by Crippen LogP contribution is 2.36. The van der Waals surface area contributed by atoms with E-state index in [1.807, 2.05) is 25.1 Å². The number of halogens is 2. The molecular formula is C22H18F2N4OS2. The first-order chi connectivity index (χ1) is 15.0. The second kappa shape index (κ2) is 7.97. The van der Waals surface area contributed by atoms with Crippen LogP contribution in [0, 0.1) is 18.6 Å². The molecule has 5 rings (SSSR count). The van der Waals surface area contributed by atoms with Gasteiger partial charge in [-0.1, -0.05) is 29.1 Å². The van der Waals surface area contributed by atoms with Crippen molar-refractivity contribution in [3.05, 3.63) is 58.1 Å². The molecule has 5 nitrogen and oxygen atoms in total. The van der Waals surface area contributed by atoms with E-state index in [-0.39, 0.29) is 6.03 Å². The van der Waals surface area contributed by atoms with Crippen molar-refractivity contribution in [1.82, 2.24) is 14.9 Å². The summed E-state index contributed by atoms with van der Waals surface area (Å²) < 4.78 is 28.6. The summed E-state index contributed by atoms with van der Waals surface area (Å²) in [5.74, 6) is -1.71. The standard InChI is InChI=1S/C22H18F2N4OS2/c1-12-25-17-4-5-18-20(19(17)30-12)31-21(26-18)27-22(29)28-8-6-13(7-9-28)10-14-2-3-15(23)16(24)11-14/h2-5,10-11H,6-9H2,1H3,(H,26,27,29). The number of likely N-dealkylation sites (tertiary alicyclic amines) is 1. The van der Waals surface area contributed by atoms with Crippen LogP contribution in [0.15, 0.2) is 35.9 Å². The molecule has 0 aliphatic carbocycles. The molecule has 0 unspecified atom stereocenters. The molecule has 31 heavy (non-hydrogen) atoms. The lowest BCUT2D eigenvalue weighted by molar-refractivity contribution is 0.208. The summed E-state index contributed by atoms with van der Waals surface area (Å²) in [7, 11) is 0. The lowest BCUT2D eigenvalue weighted by atomic mass is 10.0. The Morgan fingerprint density at radius 2 is 1.74 bits per heavy atom. The van der Waals surface area contributed by atoms with Crippen LogP contribution in [0.2, 0.25) is 0 Å². The molecular weight excluding hydrogens is 438 g/mol. The van der Waals surface area contributed by atoms with Crippen LogP contribution in [0.5, 0.6) is 0 Å². The second-order valence-electron chi connectivity index (χ2n) is 7.41. The Morgan fingerprint density at radius 1 is 1.03 bits per heavy atom. The van der Waals surface area contributed by atoms with Gasteiger partial charge in [-0.15, -0.1) is 11.3 Å². The van der Waals surface area contributed by atoms with Gasteiger partial charge in [-0.3, -0.25) is 5.32 Å². The van der Waals surface area contributed by atoms with E-state index >= 15 is 0 Å². The highest BCUT2D eigenvalue weighted by atomic mass is 32.1. The number of benzene rings is 2. The number of anilines is 1. The van der Waals surface area contributed by atoms with Gasteiger partial charge in [-0.2, -0.15) is 0 Å². The van der Waals surface area contributed by atoms with E-state index in [4.69, 9.17) is 0 Å². The molecule has 158 valence electrons. The fourth-order valence-corrected chi connectivity index (χ4v) is 5.68. The third kappa shape index (κ3) is 4.03. The molecule has 3 heterocycles. The molecule has 1 aliphatic rings. The summed E-state index contributed by atoms with van der Waals surface area (Å²) in [5.41, 5.74) is 3.55. The number of aromatic nitrogens is 2. The highest BCUT2D eigenvalue weighted by molar-refractivity contribution is 7.28. The van der Waals surface area contributed by atoms with Crippen molar-refractivity contribution in [2.75, 3.05) is 18.4 Å². The van der Waals surface area contributed by atoms with Crippen LogP contribution in [0.3, 0.4) is 0 Å². The molecule has 9 heteroatoms. The number of nitrogens with zero attached hydrogens (tertiary/aromatic N) is 3. The van der Waals surface area contributed by atoms with Crippen molar-refractivity contribution in [3.8, 4) is 0 Å². The van der Waals surface area contributed by atoms with E-state index in [0.29, 0.717) is 36.6 Å². The lowest BCUT2D eigenvalue weighted by Gasteiger charge is -2.28. The Kier molecular flexibility index (Phi) is 5.15. The molecule has 0 saturated carbocycles. The van der Waals surface area contributed by atoms with Crippen molar-refractivity contribution in [2.24, 2.45) is 0 Å². The molecule has 0 radical (unpaired) electrons. The predicted octanol–water partition coefficient (Wildman–Crippen LogP) is 6.20. The van der Waals surface area contributed by atoms with Crippen LogP contribution in [-0.4, -0.2) is 34.0 Å². The number of hydrogen-bond acceptors (Lipinski definition) is 5. The molecule has 1 N–H and O–H groups in total. The van der Waals surface area contributed by atoms with Crippen LogP contribution in [0.4, 0.5) is 18.7 Å². The number of nitrogens with one attached hydrogen (secondary N) is 1. The van der Waals surface area contributed by atoms with Gasteiger partial charge < -0.3 is 4.90 Å². The van der Waals surface area contributed by atoms with Crippen molar-refractivity contribution in [1.29, 1.82) is 0 Å². The smallest absolute Gasteiger partial charge is 0.323 e. The predicted molar refractivity (Wildman–Crippen MR) is 122 cm³/mol. The molecule has 2 aromatic heterocycles. The minimum atomic E-state index is -0.854. The number of amides is 2. The number of carbonyl (C=O) groups is 1. The maximum absolute atomic E-state index is 13.4. The zero-order chi connectivity index (χ0) is 21.5. The number of carbonyl (C=O) groups excluding carboxylic acids is 1. The summed E-state index contributed by atoms with van der Waals surface area (Å²) in [4.78, 5) is 23.5. The first kappa shape index (κ1) is 20.0. The van der Waals surface area contributed by atoms with Crippen molar-refractivity contribution < 1.29 is 13.6 Å². The monoisotopic (exact) mass is 456 g/mol. The van der Waals surface area contributed by atoms with E-state index in [9.17, 15) is 13.6 Å². The van der Waals surface area contributed by atoms with Crippen LogP contribution >= 0.6 is 22.7 Å². The number of hydrogen-bond donors (Lipinski definition) is 1. The summed E-state index contributed by atoms with van der Waals surface area (Å²) in [5, 5.41) is 4.49. The van der Waals surface area contributed by atoms with Crippen LogP contribution in [-0.2, 0) is 0 Å². The quantitative estimate of drug-likeness (QED) is 0.390. The maximum Gasteiger partial charge on any atom is 0.323 e. The van der Waals surface area contributed by atoms with E-state index in [0.717, 1.165) is 37.1 Å². The van der Waals surface area contributed by atoms with Crippen LogP contribution in [0.1, 0.15) is 23.4 Å². The van der Waals surface area contributed by atoms with Crippen molar-refractivity contribution in [2.45, 2.75) is 19.8 Å². The average Bonchev–Trinajstić information content (AvgIpc) is 3.33. The number of aryl methyl sites for hydroxylation is 1. The molecule has 1 fully saturated rings. The van der Waals surface area contributed by atoms with Crippen molar-refractivity contribution >= 4 is 60.3 Å². The summed E-state index contributed by atoms with van der Waals surface area (Å²) in [6, 6.07) is 7.58. The zero-order valence-electron chi connectivity index (χ0n) is 16.6. The van der Waals surface area contributed by atoms with Gasteiger partial charge in [0, 0.05) is 13.1 Å². The van der Waals surface area contributed by atoms with Gasteiger partial charge in [0.1, 0.15) is 0 Å². The maximum atomic E-state index is 13.4. The molecule has 2 amide bonds. The Balaban J connectivity index is 1.26. The van der Waals surface area contributed by atoms with Gasteiger partial charge in [-0.25, -0.2) is 23.5 Å². The number of rotatable bonds is 2. The first-order valence-corrected chi connectivity index (χ1v) is 11.5. The molecule has 2 aromatic carbocycles. The van der Waals surface area contributed by atoms with Crippen molar-refractivity contribution in [3.63, 3.8) is 0 Å². The first-order valence-electron chi connectivity index (χ1n) is 9.83. The second-order valence-corrected chi connectivity index (χ2v) is 9.61. The number of piperidine rings is 1. The van der Waals surface area contributed by atoms with E-state index in [2.05, 4.69) is 15.3 Å². The van der Waals surface area contributed by atoms with Gasteiger partial charge in [0.15, 0.2) is 16.8 Å². The molecule has 0 spiro atoms. The van der Waals surface area contributed by atoms with E-state index in [1.165, 1.54) is 17.4 Å². The van der Waals surface area contributed by atoms with Gasteiger partial charge in [0.25, 0.3) is 0 Å². The summed E-state index contributed by atoms with van der Waals surface area (Å²) in [6.07, 6.45) is 3.24. The topological polar surface area (TPSA) is 58.1 Å². The molecule has 1 saturated heterocycles. The van der Waals surface area contributed by atoms with Gasteiger partial charge >= 0.3 is 6.03 Å². The highest BCUT2D eigenvalue weighted by Gasteiger charge is 2.21. The Morgan fingerprint density at radius 3 is 2.48 bits per heavy atom. The molecule has 1 aliphatic heterocycles. The third-order valence-electron chi connectivity index (χ3n) is 5.24. The molecule has 0 atom stereocenters. The Hall–Kier alpha value is -2.91. The van der Waals surface area contributed by atoms with E-state index in [1.54, 1.807) is 22.3 Å². The van der Waals surface area contributed by atoms with Gasteiger partial charge in [0.05, 0.1) is 25.4 Å². The molecule has 0 bridgehead atoms. The van der Waals surface area contributed by atoms with Crippen LogP contribution < -0.4 is 5.32 Å². The SMILES string of the molecule is Cc1nc2ccc3nc(NC(=O)N4CCC(=Cc5ccc(F)c(F)c5)CC4)sc3c2s1. The molecule has 4 aromatic rings. The number of urea groups is 1. The Labute approximate surface area is 185 Å². The normalized spacial score (nSPS) is 14.4. The third-order valence-corrected chi connectivity index (χ3v) is 7.38. The minimum Gasteiger partial charge on any atom is -0.324 e. The van der Waals surface area contributed by atoms with E-state index < -0.39 is 11.6 Å². The zero-order valence-corrected chi connectivity index (χ0v) is 18.2. The fourth-order valence-electron chi connectivity index (χ4n) is 3.69. The number of thiazole rings is 2. The Bertz CT molecular complexity index is 1330. The largest absolute Gasteiger partial charge is 0.324 e. The van der Waals surface area contributed by atoms with Gasteiger partial charge in [0.2, 0.25) is 0 Å². The average molecular weight is 457 g/mol. The lowest BCUT2D eigenvalue weighted by Crippen LogP contribution is -2.39. The summed E-state index contributed by atoms with van der Waals surface area (Å²) in [6.45, 7) is 3.10. The van der Waals surface area contributed by atoms with Gasteiger partial charge in [-0.05, 0) is 49.6 Å².